The van der Waals surface area contributed by atoms with Crippen LogP contribution in [0, 0.1) is 6.92 Å². The summed E-state index contributed by atoms with van der Waals surface area (Å²) in [6, 6.07) is 7.45. The van der Waals surface area contributed by atoms with Gasteiger partial charge in [0.25, 0.3) is 0 Å². The highest BCUT2D eigenvalue weighted by Crippen LogP contribution is 2.28. The number of aryl methyl sites for hydroxylation is 1. The minimum Gasteiger partial charge on any atom is -0.478 e. The summed E-state index contributed by atoms with van der Waals surface area (Å²) in [6.07, 6.45) is 0. The maximum Gasteiger partial charge on any atom is 0.337 e. The molecule has 0 unspecified atom stereocenters. The first-order valence-electron chi connectivity index (χ1n) is 7.26. The number of carbonyl (C=O) groups is 1. The first-order valence-corrected chi connectivity index (χ1v) is 7.26. The number of hydrogen-bond acceptors (Lipinski definition) is 3. The van der Waals surface area contributed by atoms with Gasteiger partial charge in [0, 0.05) is 16.8 Å². The number of nitrogens with zero attached hydrogens (tertiary/aromatic N) is 2. The van der Waals surface area contributed by atoms with Crippen molar-refractivity contribution in [2.24, 2.45) is 0 Å². The molecule has 1 aromatic heterocycles. The second-order valence-corrected chi connectivity index (χ2v) is 5.73. The summed E-state index contributed by atoms with van der Waals surface area (Å²) in [5.74, 6) is -0.924. The lowest BCUT2D eigenvalue weighted by molar-refractivity contribution is -0.880. The Morgan fingerprint density at radius 3 is 2.71 bits per heavy atom. The minimum atomic E-state index is -0.924. The minimum absolute atomic E-state index is 0.275. The number of rotatable bonds is 2. The number of benzene rings is 1. The molecule has 0 radical (unpaired) electrons. The lowest BCUT2D eigenvalue weighted by atomic mass is 10.1. The molecule has 2 aromatic rings. The van der Waals surface area contributed by atoms with Crippen LogP contribution in [0.25, 0.3) is 10.9 Å². The average Bonchev–Trinajstić information content (AvgIpc) is 2.46. The standard InChI is InChI=1S/C16H19N3O2/c1-11-10-14(19-8-6-18(2)7-9-19)12-4-3-5-13(16(20)21)15(12)17-11/h3-5,10H,6-9H2,1-2H3,(H,20,21)/p+1. The Morgan fingerprint density at radius 2 is 2.05 bits per heavy atom. The molecule has 5 nitrogen and oxygen atoms in total. The van der Waals surface area contributed by atoms with Gasteiger partial charge < -0.3 is 14.9 Å². The number of aromatic carboxylic acids is 1. The Bertz CT molecular complexity index is 691. The van der Waals surface area contributed by atoms with Crippen molar-refractivity contribution in [2.75, 3.05) is 38.1 Å². The van der Waals surface area contributed by atoms with E-state index in [2.05, 4.69) is 23.0 Å². The second kappa shape index (κ2) is 5.33. The molecule has 0 atom stereocenters. The highest BCUT2D eigenvalue weighted by atomic mass is 16.4. The summed E-state index contributed by atoms with van der Waals surface area (Å²) >= 11 is 0. The lowest BCUT2D eigenvalue weighted by Gasteiger charge is -2.32. The Morgan fingerprint density at radius 1 is 1.33 bits per heavy atom. The van der Waals surface area contributed by atoms with Crippen LogP contribution in [0.5, 0.6) is 0 Å². The number of likely N-dealkylation sites (N-methyl/N-ethyl adjacent to an activating group) is 1. The van der Waals surface area contributed by atoms with Gasteiger partial charge >= 0.3 is 5.97 Å². The lowest BCUT2D eigenvalue weighted by Crippen LogP contribution is -3.12. The Labute approximate surface area is 123 Å². The third-order valence-electron chi connectivity index (χ3n) is 4.13. The fraction of sp³-hybridized carbons (Fsp3) is 0.375. The van der Waals surface area contributed by atoms with Crippen molar-refractivity contribution < 1.29 is 14.8 Å². The molecule has 1 fully saturated rings. The summed E-state index contributed by atoms with van der Waals surface area (Å²) in [5, 5.41) is 10.3. The van der Waals surface area contributed by atoms with E-state index < -0.39 is 5.97 Å². The predicted octanol–water partition coefficient (Wildman–Crippen LogP) is 0.576. The zero-order valence-electron chi connectivity index (χ0n) is 12.4. The Hall–Kier alpha value is -2.14. The number of pyridine rings is 1. The van der Waals surface area contributed by atoms with E-state index in [1.807, 2.05) is 13.0 Å². The van der Waals surface area contributed by atoms with Crippen molar-refractivity contribution in [1.29, 1.82) is 0 Å². The molecular formula is C16H20N3O2+. The smallest absolute Gasteiger partial charge is 0.337 e. The molecule has 110 valence electrons. The Kier molecular flexibility index (Phi) is 3.51. The van der Waals surface area contributed by atoms with Crippen LogP contribution in [0.4, 0.5) is 5.69 Å². The van der Waals surface area contributed by atoms with Crippen molar-refractivity contribution in [3.63, 3.8) is 0 Å². The van der Waals surface area contributed by atoms with Gasteiger partial charge in [-0.25, -0.2) is 4.79 Å². The van der Waals surface area contributed by atoms with Gasteiger partial charge in [-0.05, 0) is 19.1 Å². The SMILES string of the molecule is Cc1cc(N2CC[NH+](C)CC2)c2cccc(C(=O)O)c2n1. The zero-order chi connectivity index (χ0) is 15.0. The number of aromatic nitrogens is 1. The van der Waals surface area contributed by atoms with Crippen LogP contribution in [0.3, 0.4) is 0 Å². The summed E-state index contributed by atoms with van der Waals surface area (Å²) < 4.78 is 0. The predicted molar refractivity (Wildman–Crippen MR) is 82.3 cm³/mol. The molecule has 2 heterocycles. The van der Waals surface area contributed by atoms with Gasteiger partial charge in [0.15, 0.2) is 0 Å². The van der Waals surface area contributed by atoms with E-state index in [1.54, 1.807) is 12.1 Å². The molecule has 1 aromatic carbocycles. The van der Waals surface area contributed by atoms with E-state index in [-0.39, 0.29) is 5.56 Å². The van der Waals surface area contributed by atoms with Gasteiger partial charge in [-0.2, -0.15) is 0 Å². The fourth-order valence-electron chi connectivity index (χ4n) is 2.92. The highest BCUT2D eigenvalue weighted by Gasteiger charge is 2.21. The van der Waals surface area contributed by atoms with Crippen molar-refractivity contribution in [3.8, 4) is 0 Å². The summed E-state index contributed by atoms with van der Waals surface area (Å²) in [7, 11) is 2.20. The first-order chi connectivity index (χ1) is 10.1. The summed E-state index contributed by atoms with van der Waals surface area (Å²) in [6.45, 7) is 6.09. The molecule has 0 saturated carbocycles. The zero-order valence-corrected chi connectivity index (χ0v) is 12.4. The molecule has 1 aliphatic rings. The monoisotopic (exact) mass is 286 g/mol. The third-order valence-corrected chi connectivity index (χ3v) is 4.13. The quantitative estimate of drug-likeness (QED) is 0.848. The second-order valence-electron chi connectivity index (χ2n) is 5.73. The molecule has 0 bridgehead atoms. The summed E-state index contributed by atoms with van der Waals surface area (Å²) in [4.78, 5) is 19.7. The maximum absolute atomic E-state index is 11.4. The van der Waals surface area contributed by atoms with Gasteiger partial charge in [0.2, 0.25) is 0 Å². The van der Waals surface area contributed by atoms with Gasteiger partial charge in [-0.3, -0.25) is 4.98 Å². The molecule has 0 amide bonds. The number of carboxylic acids is 1. The maximum atomic E-state index is 11.4. The van der Waals surface area contributed by atoms with Crippen LogP contribution in [-0.4, -0.2) is 49.3 Å². The van der Waals surface area contributed by atoms with Crippen LogP contribution in [-0.2, 0) is 0 Å². The molecule has 0 spiro atoms. The van der Waals surface area contributed by atoms with Crippen LogP contribution in [0.2, 0.25) is 0 Å². The van der Waals surface area contributed by atoms with E-state index in [1.165, 1.54) is 4.90 Å². The number of nitrogens with one attached hydrogen (secondary N) is 1. The van der Waals surface area contributed by atoms with Gasteiger partial charge in [0.1, 0.15) is 0 Å². The first kappa shape index (κ1) is 13.8. The van der Waals surface area contributed by atoms with Crippen LogP contribution in [0.1, 0.15) is 16.1 Å². The Balaban J connectivity index is 2.14. The van der Waals surface area contributed by atoms with Crippen molar-refractivity contribution >= 4 is 22.6 Å². The van der Waals surface area contributed by atoms with E-state index in [9.17, 15) is 9.90 Å². The van der Waals surface area contributed by atoms with Crippen molar-refractivity contribution in [2.45, 2.75) is 6.92 Å². The van der Waals surface area contributed by atoms with Crippen molar-refractivity contribution in [3.05, 3.63) is 35.5 Å². The van der Waals surface area contributed by atoms with Crippen LogP contribution < -0.4 is 9.80 Å². The number of anilines is 1. The van der Waals surface area contributed by atoms with Crippen molar-refractivity contribution in [1.82, 2.24) is 4.98 Å². The van der Waals surface area contributed by atoms with Crippen LogP contribution >= 0.6 is 0 Å². The van der Waals surface area contributed by atoms with E-state index >= 15 is 0 Å². The number of fused-ring (bicyclic) bond motifs is 1. The van der Waals surface area contributed by atoms with E-state index in [0.29, 0.717) is 5.52 Å². The molecule has 3 rings (SSSR count). The van der Waals surface area contributed by atoms with E-state index in [4.69, 9.17) is 0 Å². The number of quaternary nitrogens is 1. The highest BCUT2D eigenvalue weighted by molar-refractivity contribution is 6.05. The number of para-hydroxylation sites is 1. The molecule has 21 heavy (non-hydrogen) atoms. The number of piperazine rings is 1. The summed E-state index contributed by atoms with van der Waals surface area (Å²) in [5.41, 5.74) is 2.83. The molecular weight excluding hydrogens is 266 g/mol. The average molecular weight is 286 g/mol. The van der Waals surface area contributed by atoms with Gasteiger partial charge in [0.05, 0.1) is 44.3 Å². The number of hydrogen-bond donors (Lipinski definition) is 2. The van der Waals surface area contributed by atoms with Gasteiger partial charge in [-0.15, -0.1) is 0 Å². The fourth-order valence-corrected chi connectivity index (χ4v) is 2.92. The van der Waals surface area contributed by atoms with Crippen LogP contribution in [0.15, 0.2) is 24.3 Å². The third kappa shape index (κ3) is 2.56. The largest absolute Gasteiger partial charge is 0.478 e. The number of carboxylic acid groups (broad SMARTS) is 1. The topological polar surface area (TPSA) is 57.9 Å². The molecule has 0 aliphatic carbocycles. The van der Waals surface area contributed by atoms with Gasteiger partial charge in [-0.1, -0.05) is 12.1 Å². The molecule has 2 N–H and O–H groups in total. The molecule has 5 heteroatoms. The van der Waals surface area contributed by atoms with E-state index in [0.717, 1.165) is 42.9 Å². The molecule has 1 aliphatic heterocycles. The normalized spacial score (nSPS) is 16.4. The molecule has 1 saturated heterocycles.